The zero-order valence-electron chi connectivity index (χ0n) is 9.59. The van der Waals surface area contributed by atoms with Gasteiger partial charge < -0.3 is 5.32 Å². The van der Waals surface area contributed by atoms with Crippen molar-refractivity contribution in [3.8, 4) is 0 Å². The molecule has 0 atom stereocenters. The van der Waals surface area contributed by atoms with Gasteiger partial charge in [-0.3, -0.25) is 0 Å². The van der Waals surface area contributed by atoms with Gasteiger partial charge >= 0.3 is 0 Å². The third-order valence-corrected chi connectivity index (χ3v) is 4.15. The van der Waals surface area contributed by atoms with E-state index in [1.165, 1.54) is 5.56 Å². The molecule has 0 amide bonds. The topological polar surface area (TPSA) is 24.9 Å². The highest BCUT2D eigenvalue weighted by Gasteiger charge is 2.06. The summed E-state index contributed by atoms with van der Waals surface area (Å²) in [5.41, 5.74) is 3.38. The molecular weight excluding hydrogens is 344 g/mol. The summed E-state index contributed by atoms with van der Waals surface area (Å²) in [6.07, 6.45) is 1.80. The Kier molecular flexibility index (Phi) is 3.84. The van der Waals surface area contributed by atoms with E-state index in [4.69, 9.17) is 0 Å². The van der Waals surface area contributed by atoms with E-state index in [2.05, 4.69) is 61.2 Å². The highest BCUT2D eigenvalue weighted by atomic mass is 79.9. The van der Waals surface area contributed by atoms with Crippen LogP contribution in [0.4, 0.5) is 11.5 Å². The van der Waals surface area contributed by atoms with Gasteiger partial charge in [-0.1, -0.05) is 6.07 Å². The molecular formula is C13H12Br2N2. The van der Waals surface area contributed by atoms with Crippen molar-refractivity contribution in [1.82, 2.24) is 4.98 Å². The van der Waals surface area contributed by atoms with E-state index in [1.54, 1.807) is 6.20 Å². The zero-order valence-corrected chi connectivity index (χ0v) is 12.8. The molecule has 4 heteroatoms. The highest BCUT2D eigenvalue weighted by Crippen LogP contribution is 2.30. The lowest BCUT2D eigenvalue weighted by molar-refractivity contribution is 1.25. The van der Waals surface area contributed by atoms with Gasteiger partial charge in [-0.25, -0.2) is 4.98 Å². The summed E-state index contributed by atoms with van der Waals surface area (Å²) in [4.78, 5) is 4.33. The largest absolute Gasteiger partial charge is 0.338 e. The maximum atomic E-state index is 4.33. The smallest absolute Gasteiger partial charge is 0.144 e. The quantitative estimate of drug-likeness (QED) is 0.822. The fraction of sp³-hybridized carbons (Fsp3) is 0.154. The van der Waals surface area contributed by atoms with Crippen LogP contribution in [0.15, 0.2) is 39.4 Å². The third-order valence-electron chi connectivity index (χ3n) is 2.46. The lowest BCUT2D eigenvalue weighted by Crippen LogP contribution is -1.97. The molecule has 0 aliphatic carbocycles. The van der Waals surface area contributed by atoms with Crippen molar-refractivity contribution in [1.29, 1.82) is 0 Å². The first kappa shape index (κ1) is 12.6. The predicted octanol–water partition coefficient (Wildman–Crippen LogP) is 4.97. The first-order chi connectivity index (χ1) is 8.08. The molecule has 0 saturated heterocycles. The molecule has 0 bridgehead atoms. The highest BCUT2D eigenvalue weighted by molar-refractivity contribution is 9.11. The fourth-order valence-electron chi connectivity index (χ4n) is 1.49. The molecule has 1 heterocycles. The van der Waals surface area contributed by atoms with E-state index >= 15 is 0 Å². The maximum Gasteiger partial charge on any atom is 0.144 e. The molecule has 17 heavy (non-hydrogen) atoms. The second kappa shape index (κ2) is 5.19. The number of benzene rings is 1. The van der Waals surface area contributed by atoms with E-state index < -0.39 is 0 Å². The van der Waals surface area contributed by atoms with Crippen LogP contribution in [0.25, 0.3) is 0 Å². The van der Waals surface area contributed by atoms with E-state index in [-0.39, 0.29) is 0 Å². The van der Waals surface area contributed by atoms with Crippen molar-refractivity contribution in [3.63, 3.8) is 0 Å². The van der Waals surface area contributed by atoms with E-state index in [0.29, 0.717) is 0 Å². The lowest BCUT2D eigenvalue weighted by Gasteiger charge is -2.11. The summed E-state index contributed by atoms with van der Waals surface area (Å²) >= 11 is 7.07. The number of rotatable bonds is 2. The van der Waals surface area contributed by atoms with E-state index in [9.17, 15) is 0 Å². The van der Waals surface area contributed by atoms with Gasteiger partial charge in [-0.15, -0.1) is 0 Å². The molecule has 88 valence electrons. The Hall–Kier alpha value is -0.870. The summed E-state index contributed by atoms with van der Waals surface area (Å²) in [6, 6.07) is 8.15. The first-order valence-electron chi connectivity index (χ1n) is 5.22. The minimum Gasteiger partial charge on any atom is -0.338 e. The Balaban J connectivity index is 2.38. The summed E-state index contributed by atoms with van der Waals surface area (Å²) in [7, 11) is 0. The second-order valence-electron chi connectivity index (χ2n) is 3.90. The normalized spacial score (nSPS) is 10.4. The Bertz CT molecular complexity index is 553. The predicted molar refractivity (Wildman–Crippen MR) is 78.8 cm³/mol. The van der Waals surface area contributed by atoms with Crippen LogP contribution < -0.4 is 5.32 Å². The molecule has 0 spiro atoms. The molecule has 1 aromatic carbocycles. The number of pyridine rings is 1. The van der Waals surface area contributed by atoms with Crippen molar-refractivity contribution in [2.24, 2.45) is 0 Å². The van der Waals surface area contributed by atoms with Gasteiger partial charge in [0.2, 0.25) is 0 Å². The van der Waals surface area contributed by atoms with Crippen LogP contribution in [-0.4, -0.2) is 4.98 Å². The molecule has 0 fully saturated rings. The average Bonchev–Trinajstić information content (AvgIpc) is 2.30. The lowest BCUT2D eigenvalue weighted by atomic mass is 10.2. The number of aryl methyl sites for hydroxylation is 2. The van der Waals surface area contributed by atoms with Crippen LogP contribution in [-0.2, 0) is 0 Å². The van der Waals surface area contributed by atoms with Crippen LogP contribution in [0.1, 0.15) is 11.1 Å². The summed E-state index contributed by atoms with van der Waals surface area (Å²) < 4.78 is 2.02. The minimum absolute atomic E-state index is 0.830. The van der Waals surface area contributed by atoms with E-state index in [0.717, 1.165) is 26.0 Å². The SMILES string of the molecule is Cc1ccc(Br)c(Nc2nccc(C)c2Br)c1. The van der Waals surface area contributed by atoms with Gasteiger partial charge in [0, 0.05) is 10.7 Å². The molecule has 0 aliphatic rings. The van der Waals surface area contributed by atoms with E-state index in [1.807, 2.05) is 19.1 Å². The van der Waals surface area contributed by atoms with Crippen LogP contribution in [0.2, 0.25) is 0 Å². The standard InChI is InChI=1S/C13H12Br2N2/c1-8-3-4-10(14)11(7-8)17-13-12(15)9(2)5-6-16-13/h3-7H,1-2H3,(H,16,17). The van der Waals surface area contributed by atoms with Crippen LogP contribution in [0, 0.1) is 13.8 Å². The number of anilines is 2. The van der Waals surface area contributed by atoms with Gasteiger partial charge in [-0.05, 0) is 75.0 Å². The maximum absolute atomic E-state index is 4.33. The van der Waals surface area contributed by atoms with Gasteiger partial charge in [0.1, 0.15) is 5.82 Å². The second-order valence-corrected chi connectivity index (χ2v) is 5.55. The van der Waals surface area contributed by atoms with Crippen molar-refractivity contribution in [3.05, 3.63) is 50.5 Å². The Morgan fingerprint density at radius 3 is 2.65 bits per heavy atom. The van der Waals surface area contributed by atoms with Gasteiger partial charge in [0.05, 0.1) is 10.2 Å². The summed E-state index contributed by atoms with van der Waals surface area (Å²) in [5.74, 6) is 0.830. The number of halogens is 2. The van der Waals surface area contributed by atoms with Gasteiger partial charge in [-0.2, -0.15) is 0 Å². The molecule has 0 unspecified atom stereocenters. The Morgan fingerprint density at radius 1 is 1.12 bits per heavy atom. The number of nitrogens with zero attached hydrogens (tertiary/aromatic N) is 1. The Labute approximate surface area is 118 Å². The van der Waals surface area contributed by atoms with Crippen LogP contribution in [0.3, 0.4) is 0 Å². The van der Waals surface area contributed by atoms with Crippen molar-refractivity contribution < 1.29 is 0 Å². The van der Waals surface area contributed by atoms with Crippen molar-refractivity contribution in [2.75, 3.05) is 5.32 Å². The fourth-order valence-corrected chi connectivity index (χ4v) is 2.17. The third kappa shape index (κ3) is 2.87. The molecule has 1 aromatic heterocycles. The number of hydrogen-bond donors (Lipinski definition) is 1. The summed E-state index contributed by atoms with van der Waals surface area (Å²) in [5, 5.41) is 3.32. The van der Waals surface area contributed by atoms with Crippen molar-refractivity contribution >= 4 is 43.4 Å². The Morgan fingerprint density at radius 2 is 1.88 bits per heavy atom. The molecule has 0 aliphatic heterocycles. The molecule has 2 rings (SSSR count). The van der Waals surface area contributed by atoms with Crippen LogP contribution >= 0.6 is 31.9 Å². The first-order valence-corrected chi connectivity index (χ1v) is 6.81. The minimum atomic E-state index is 0.830. The molecule has 2 nitrogen and oxygen atoms in total. The molecule has 0 saturated carbocycles. The van der Waals surface area contributed by atoms with Crippen molar-refractivity contribution in [2.45, 2.75) is 13.8 Å². The van der Waals surface area contributed by atoms with Gasteiger partial charge in [0.25, 0.3) is 0 Å². The number of hydrogen-bond acceptors (Lipinski definition) is 2. The van der Waals surface area contributed by atoms with Crippen LogP contribution in [0.5, 0.6) is 0 Å². The average molecular weight is 356 g/mol. The number of nitrogens with one attached hydrogen (secondary N) is 1. The number of aromatic nitrogens is 1. The van der Waals surface area contributed by atoms with Gasteiger partial charge in [0.15, 0.2) is 0 Å². The molecule has 2 aromatic rings. The molecule has 0 radical (unpaired) electrons. The summed E-state index contributed by atoms with van der Waals surface area (Å²) in [6.45, 7) is 4.11. The monoisotopic (exact) mass is 354 g/mol. The zero-order chi connectivity index (χ0) is 12.4. The molecule has 1 N–H and O–H groups in total.